The van der Waals surface area contributed by atoms with E-state index >= 15 is 0 Å². The van der Waals surface area contributed by atoms with E-state index in [1.54, 1.807) is 4.90 Å². The number of rotatable bonds is 4. The van der Waals surface area contributed by atoms with E-state index in [0.29, 0.717) is 30.2 Å². The molecule has 2 amide bonds. The second-order valence-corrected chi connectivity index (χ2v) is 10.1. The highest BCUT2D eigenvalue weighted by Gasteiger charge is 2.24. The summed E-state index contributed by atoms with van der Waals surface area (Å²) < 4.78 is 5.15. The van der Waals surface area contributed by atoms with Crippen molar-refractivity contribution in [2.45, 2.75) is 32.2 Å². The number of fused-ring (bicyclic) bond motifs is 1. The topological polar surface area (TPSA) is 56.3 Å². The molecule has 4 rings (SSSR count). The number of ether oxygens (including phenoxy) is 1. The summed E-state index contributed by atoms with van der Waals surface area (Å²) in [5.41, 5.74) is 3.37. The smallest absolute Gasteiger partial charge is 0.254 e. The number of amides is 2. The minimum atomic E-state index is -0.0754. The van der Waals surface area contributed by atoms with E-state index in [4.69, 9.17) is 16.3 Å². The molecule has 2 heterocycles. The number of methoxy groups -OCH3 is 1. The largest absolute Gasteiger partial charge is 0.375 e. The number of anilines is 2. The zero-order chi connectivity index (χ0) is 25.5. The number of hydrogen-bond donors (Lipinski definition) is 0. The van der Waals surface area contributed by atoms with Crippen LogP contribution in [0, 0.1) is 0 Å². The summed E-state index contributed by atoms with van der Waals surface area (Å²) in [4.78, 5) is 35.0. The molecule has 2 aromatic carbocycles. The van der Waals surface area contributed by atoms with Crippen LogP contribution in [0.15, 0.2) is 42.5 Å². The van der Waals surface area contributed by atoms with E-state index in [1.165, 1.54) is 13.5 Å². The maximum Gasteiger partial charge on any atom is 0.254 e. The Bertz CT molecular complexity index is 1060. The summed E-state index contributed by atoms with van der Waals surface area (Å²) >= 11 is 6.56. The van der Waals surface area contributed by atoms with Crippen molar-refractivity contribution in [2.75, 3.05) is 69.8 Å². The van der Waals surface area contributed by atoms with Crippen LogP contribution >= 0.6 is 11.6 Å². The van der Waals surface area contributed by atoms with Gasteiger partial charge in [-0.25, -0.2) is 0 Å². The molecule has 0 aliphatic carbocycles. The van der Waals surface area contributed by atoms with Crippen molar-refractivity contribution in [3.05, 3.63) is 58.6 Å². The number of carbonyl (C=O) groups is 2. The molecule has 0 spiro atoms. The molecule has 0 radical (unpaired) electrons. The van der Waals surface area contributed by atoms with E-state index in [-0.39, 0.29) is 18.4 Å². The average Bonchev–Trinajstić information content (AvgIpc) is 2.92. The molecule has 194 valence electrons. The molecular weight excluding hydrogens is 476 g/mol. The van der Waals surface area contributed by atoms with Gasteiger partial charge >= 0.3 is 0 Å². The number of piperidine rings is 1. The Hall–Kier alpha value is -2.61. The third-order valence-electron chi connectivity index (χ3n) is 7.06. The predicted molar refractivity (Wildman–Crippen MR) is 145 cm³/mol. The lowest BCUT2D eigenvalue weighted by molar-refractivity contribution is -0.122. The van der Waals surface area contributed by atoms with Gasteiger partial charge in [0.2, 0.25) is 0 Å². The first-order valence-electron chi connectivity index (χ1n) is 12.9. The number of likely N-dealkylation sites (N-methyl/N-ethyl adjacent to an activating group) is 1. The van der Waals surface area contributed by atoms with E-state index in [0.717, 1.165) is 62.4 Å². The molecule has 0 unspecified atom stereocenters. The van der Waals surface area contributed by atoms with Gasteiger partial charge in [-0.1, -0.05) is 29.8 Å². The molecule has 0 N–H and O–H groups in total. The summed E-state index contributed by atoms with van der Waals surface area (Å²) in [7, 11) is 3.60. The molecule has 1 fully saturated rings. The van der Waals surface area contributed by atoms with Crippen molar-refractivity contribution in [3.8, 4) is 0 Å². The van der Waals surface area contributed by atoms with Crippen LogP contribution in [0.3, 0.4) is 0 Å². The summed E-state index contributed by atoms with van der Waals surface area (Å²) in [5, 5.41) is 0.684. The molecule has 0 atom stereocenters. The highest BCUT2D eigenvalue weighted by Crippen LogP contribution is 2.30. The monoisotopic (exact) mass is 512 g/mol. The first kappa shape index (κ1) is 26.5. The van der Waals surface area contributed by atoms with Gasteiger partial charge in [0.05, 0.1) is 10.7 Å². The lowest BCUT2D eigenvalue weighted by Crippen LogP contribution is -2.37. The van der Waals surface area contributed by atoms with Gasteiger partial charge in [-0.05, 0) is 69.1 Å². The fourth-order valence-corrected chi connectivity index (χ4v) is 5.29. The third kappa shape index (κ3) is 6.38. The van der Waals surface area contributed by atoms with Crippen LogP contribution in [-0.4, -0.2) is 81.6 Å². The molecule has 2 aliphatic heterocycles. The number of halogens is 1. The third-order valence-corrected chi connectivity index (χ3v) is 7.38. The Morgan fingerprint density at radius 2 is 1.67 bits per heavy atom. The number of hydrogen-bond acceptors (Lipinski definition) is 5. The SMILES string of the molecule is COCC(=O)N1CCCN(C)CCN(C(=O)c2ccc(Cl)c(N3CCCCC3)c2)Cc2ccccc21. The molecule has 0 saturated carbocycles. The van der Waals surface area contributed by atoms with Gasteiger partial charge in [-0.2, -0.15) is 0 Å². The van der Waals surface area contributed by atoms with E-state index in [9.17, 15) is 9.59 Å². The maximum absolute atomic E-state index is 13.9. The quantitative estimate of drug-likeness (QED) is 0.611. The lowest BCUT2D eigenvalue weighted by Gasteiger charge is -2.31. The normalized spacial score (nSPS) is 17.9. The van der Waals surface area contributed by atoms with E-state index in [2.05, 4.69) is 16.8 Å². The second kappa shape index (κ2) is 12.6. The number of nitrogens with zero attached hydrogens (tertiary/aromatic N) is 4. The van der Waals surface area contributed by atoms with Crippen LogP contribution in [0.1, 0.15) is 41.6 Å². The van der Waals surface area contributed by atoms with E-state index < -0.39 is 0 Å². The van der Waals surface area contributed by atoms with Crippen molar-refractivity contribution < 1.29 is 14.3 Å². The fraction of sp³-hybridized carbons (Fsp3) is 0.500. The lowest BCUT2D eigenvalue weighted by atomic mass is 10.1. The van der Waals surface area contributed by atoms with Gasteiger partial charge in [-0.3, -0.25) is 9.59 Å². The van der Waals surface area contributed by atoms with E-state index in [1.807, 2.05) is 47.4 Å². The van der Waals surface area contributed by atoms with Crippen molar-refractivity contribution in [1.82, 2.24) is 9.80 Å². The molecule has 2 aliphatic rings. The minimum absolute atomic E-state index is 0.0247. The second-order valence-electron chi connectivity index (χ2n) is 9.70. The van der Waals surface area contributed by atoms with Crippen LogP contribution < -0.4 is 9.80 Å². The maximum atomic E-state index is 13.9. The Balaban J connectivity index is 1.65. The van der Waals surface area contributed by atoms with Crippen LogP contribution in [0.5, 0.6) is 0 Å². The van der Waals surface area contributed by atoms with Gasteiger partial charge in [0.1, 0.15) is 6.61 Å². The Morgan fingerprint density at radius 3 is 2.44 bits per heavy atom. The zero-order valence-corrected chi connectivity index (χ0v) is 22.2. The number of benzene rings is 2. The Labute approximate surface area is 219 Å². The molecule has 1 saturated heterocycles. The molecular formula is C28H37ClN4O3. The molecule has 7 nitrogen and oxygen atoms in total. The summed E-state index contributed by atoms with van der Waals surface area (Å²) in [6.45, 7) is 5.16. The summed E-state index contributed by atoms with van der Waals surface area (Å²) in [5.74, 6) is -0.101. The van der Waals surface area contributed by atoms with Crippen LogP contribution in [0.25, 0.3) is 0 Å². The highest BCUT2D eigenvalue weighted by atomic mass is 35.5. The van der Waals surface area contributed by atoms with Crippen LogP contribution in [0.4, 0.5) is 11.4 Å². The van der Waals surface area contributed by atoms with Gasteiger partial charge in [-0.15, -0.1) is 0 Å². The Kier molecular flexibility index (Phi) is 9.24. The van der Waals surface area contributed by atoms with Gasteiger partial charge in [0.25, 0.3) is 11.8 Å². The molecule has 0 aromatic heterocycles. The predicted octanol–water partition coefficient (Wildman–Crippen LogP) is 4.29. The minimum Gasteiger partial charge on any atom is -0.375 e. The van der Waals surface area contributed by atoms with Gasteiger partial charge in [0.15, 0.2) is 0 Å². The van der Waals surface area contributed by atoms with Crippen LogP contribution in [0.2, 0.25) is 5.02 Å². The fourth-order valence-electron chi connectivity index (χ4n) is 5.05. The number of para-hydroxylation sites is 1. The van der Waals surface area contributed by atoms with Crippen molar-refractivity contribution >= 4 is 34.8 Å². The summed E-state index contributed by atoms with van der Waals surface area (Å²) in [6, 6.07) is 13.5. The Morgan fingerprint density at radius 1 is 0.889 bits per heavy atom. The zero-order valence-electron chi connectivity index (χ0n) is 21.4. The molecule has 8 heteroatoms. The number of carbonyl (C=O) groups excluding carboxylic acids is 2. The van der Waals surface area contributed by atoms with Crippen molar-refractivity contribution in [1.29, 1.82) is 0 Å². The van der Waals surface area contributed by atoms with Crippen molar-refractivity contribution in [3.63, 3.8) is 0 Å². The standard InChI is InChI=1S/C28H37ClN4O3/c1-30-13-8-16-33(27(34)21-36-2)25-10-5-4-9-23(25)20-32(18-17-30)28(35)22-11-12-24(29)26(19-22)31-14-6-3-7-15-31/h4-5,9-12,19H,3,6-8,13-18,20-21H2,1-2H3. The first-order valence-corrected chi connectivity index (χ1v) is 13.2. The average molecular weight is 513 g/mol. The first-order chi connectivity index (χ1) is 17.5. The van der Waals surface area contributed by atoms with Crippen LogP contribution in [-0.2, 0) is 16.1 Å². The van der Waals surface area contributed by atoms with Crippen molar-refractivity contribution in [2.24, 2.45) is 0 Å². The molecule has 2 aromatic rings. The highest BCUT2D eigenvalue weighted by molar-refractivity contribution is 6.33. The van der Waals surface area contributed by atoms with Gasteiger partial charge in [0, 0.05) is 57.6 Å². The summed E-state index contributed by atoms with van der Waals surface area (Å²) in [6.07, 6.45) is 4.35. The molecule has 0 bridgehead atoms. The molecule has 36 heavy (non-hydrogen) atoms. The van der Waals surface area contributed by atoms with Gasteiger partial charge < -0.3 is 24.3 Å².